The van der Waals surface area contributed by atoms with Gasteiger partial charge in [-0.15, -0.1) is 0 Å². The van der Waals surface area contributed by atoms with E-state index < -0.39 is 0 Å². The van der Waals surface area contributed by atoms with E-state index in [1.807, 2.05) is 36.4 Å². The van der Waals surface area contributed by atoms with Crippen LogP contribution in [-0.2, 0) is 148 Å². The molecule has 6 aliphatic rings. The number of hydrogen-bond acceptors (Lipinski definition) is 20. The van der Waals surface area contributed by atoms with Crippen LogP contribution in [-0.4, -0.2) is 75.3 Å². The predicted octanol–water partition coefficient (Wildman–Crippen LogP) is 31.4. The van der Waals surface area contributed by atoms with E-state index in [2.05, 4.69) is 241 Å². The van der Waals surface area contributed by atoms with Crippen molar-refractivity contribution in [2.75, 3.05) is 39.6 Å². The highest BCUT2D eigenvalue weighted by Gasteiger charge is 2.58. The lowest BCUT2D eigenvalue weighted by molar-refractivity contribution is 0.0293. The Labute approximate surface area is 853 Å². The highest BCUT2D eigenvalue weighted by Crippen LogP contribution is 2.60. The molecule has 0 aromatic heterocycles. The largest absolute Gasteiger partial charge is 0.502 e. The van der Waals surface area contributed by atoms with Crippen LogP contribution in [0.15, 0.2) is 402 Å². The second-order valence-electron chi connectivity index (χ2n) is 33.6. The Morgan fingerprint density at radius 2 is 0.601 bits per heavy atom. The molecule has 0 aliphatic heterocycles. The fourth-order valence-corrected chi connectivity index (χ4v) is 18.3. The van der Waals surface area contributed by atoms with Gasteiger partial charge in [0.05, 0.1) is 170 Å². The zero-order valence-electron chi connectivity index (χ0n) is 84.7. The predicted molar refractivity (Wildman–Crippen MR) is 583 cm³/mol. The Bertz CT molecular complexity index is 5010. The van der Waals surface area contributed by atoms with Gasteiger partial charge in [-0.3, -0.25) is 0 Å². The molecule has 0 saturated heterocycles. The van der Waals surface area contributed by atoms with Crippen molar-refractivity contribution in [2.45, 2.75) is 210 Å². The van der Waals surface area contributed by atoms with Crippen molar-refractivity contribution >= 4 is 43.1 Å². The Balaban J connectivity index is 0.000000282. The van der Waals surface area contributed by atoms with Gasteiger partial charge in [-0.2, -0.15) is 0 Å². The average molecular weight is 1960 g/mol. The molecule has 6 atom stereocenters. The number of benzene rings is 8. The SMILES string of the molecule is C=COC12CCC(OC=C)(CC1)C2.C=COC1CC2C3CC(OC=C)C(C3)C2C1.C=COC1CCC(OC=C)CC1.C=COCCCCCCOC=C.C=COCCCCOC=C.C=COCCOC=C.C=COCc1cc(COC=C)c2ccccc2c1.C=COCc1ccc2c(COC=C)cccc2c1.C=COCc1ccc2cccc(COC=C)c2c1.C=COCc1ccc2ccccc2c1COC=C. The third-order valence-electron chi connectivity index (χ3n) is 24.7. The van der Waals surface area contributed by atoms with Crippen LogP contribution >= 0.6 is 0 Å². The van der Waals surface area contributed by atoms with Gasteiger partial charge in [-0.25, -0.2) is 0 Å². The summed E-state index contributed by atoms with van der Waals surface area (Å²) in [6, 6.07) is 49.7. The Kier molecular flexibility index (Phi) is 61.4. The van der Waals surface area contributed by atoms with Gasteiger partial charge in [0.25, 0.3) is 0 Å². The highest BCUT2D eigenvalue weighted by atomic mass is 16.5. The molecule has 0 spiro atoms. The van der Waals surface area contributed by atoms with E-state index in [0.717, 1.165) is 178 Å². The first-order chi connectivity index (χ1) is 70.1. The second kappa shape index (κ2) is 73.7. The van der Waals surface area contributed by atoms with Gasteiger partial charge >= 0.3 is 0 Å². The maximum atomic E-state index is 5.64. The summed E-state index contributed by atoms with van der Waals surface area (Å²) in [4.78, 5) is 0. The fraction of sp³-hybridized carbons (Fsp3) is 0.350. The molecule has 0 amide bonds. The Hall–Kier alpha value is -14.4. The van der Waals surface area contributed by atoms with Gasteiger partial charge in [-0.05, 0) is 246 Å². The first kappa shape index (κ1) is 119. The lowest BCUT2D eigenvalue weighted by Gasteiger charge is -2.30. The topological polar surface area (TPSA) is 185 Å². The zero-order chi connectivity index (χ0) is 103. The van der Waals surface area contributed by atoms with E-state index in [1.54, 1.807) is 25.0 Å². The molecule has 14 rings (SSSR count). The molecule has 6 fully saturated rings. The Morgan fingerprint density at radius 3 is 1.09 bits per heavy atom. The second-order valence-corrected chi connectivity index (χ2v) is 33.6. The first-order valence-corrected chi connectivity index (χ1v) is 48.9. The summed E-state index contributed by atoms with van der Waals surface area (Å²) < 4.78 is 104. The summed E-state index contributed by atoms with van der Waals surface area (Å²) >= 11 is 0. The van der Waals surface area contributed by atoms with Gasteiger partial charge in [0.1, 0.15) is 83.4 Å². The molecule has 6 saturated carbocycles. The molecule has 6 aliphatic carbocycles. The van der Waals surface area contributed by atoms with Crippen molar-refractivity contribution < 1.29 is 94.7 Å². The van der Waals surface area contributed by atoms with E-state index in [4.69, 9.17) is 94.7 Å². The van der Waals surface area contributed by atoms with Gasteiger partial charge in [-0.1, -0.05) is 253 Å². The number of ether oxygens (including phenoxy) is 20. The van der Waals surface area contributed by atoms with Gasteiger partial charge in [0.2, 0.25) is 0 Å². The summed E-state index contributed by atoms with van der Waals surface area (Å²) in [6.07, 6.45) is 52.5. The first-order valence-electron chi connectivity index (χ1n) is 48.9. The van der Waals surface area contributed by atoms with Gasteiger partial charge in [0, 0.05) is 12.0 Å². The van der Waals surface area contributed by atoms with Crippen molar-refractivity contribution in [3.05, 3.63) is 447 Å². The molecule has 0 N–H and O–H groups in total. The van der Waals surface area contributed by atoms with Crippen LogP contribution in [0.1, 0.15) is 167 Å². The average Bonchev–Trinajstić information content (AvgIpc) is 1.59. The van der Waals surface area contributed by atoms with Crippen LogP contribution in [0.3, 0.4) is 0 Å². The molecule has 8 aromatic rings. The molecule has 0 heterocycles. The van der Waals surface area contributed by atoms with Crippen LogP contribution in [0.4, 0.5) is 0 Å². The van der Waals surface area contributed by atoms with Crippen LogP contribution in [0.5, 0.6) is 0 Å². The van der Waals surface area contributed by atoms with Crippen LogP contribution in [0, 0.1) is 23.7 Å². The molecule has 20 heteroatoms. The van der Waals surface area contributed by atoms with Crippen molar-refractivity contribution in [1.82, 2.24) is 0 Å². The van der Waals surface area contributed by atoms with Crippen LogP contribution in [0.25, 0.3) is 43.1 Å². The lowest BCUT2D eigenvalue weighted by atomic mass is 9.80. The van der Waals surface area contributed by atoms with Crippen molar-refractivity contribution in [3.8, 4) is 0 Å². The third-order valence-corrected chi connectivity index (χ3v) is 24.7. The van der Waals surface area contributed by atoms with Gasteiger partial charge < -0.3 is 94.7 Å². The standard InChI is InChI=1S/4C16H16O2.C14H20O2.C11H16O2.C10H16O2.C10H18O2.C8H14O2.C6H10O2/c1-3-17-11-13-8-9-16-14(10-13)6-5-7-15(16)12-18-4-2;1-3-17-11-13-8-9-14-6-5-7-15(12-18-4-2)16(14)10-13;1-3-17-11-13-9-14-7-5-6-8-16(14)15(10-13)12-18-4-2;1-3-17-11-14-10-9-13-7-5-6-8-15(13)16(14)12-18-4-2;1-3-15-10-7-11-9-5-13(12(11)8-10)14(6-9)16-4-2;1-3-12-10-5-7-11(9-10,8-6-10)13-4-2;1-3-11-9-5-7-10(8-6-9)12-4-2;1-3-11-9-7-5-6-8-10-12-4-2;1-3-9-7-5-6-8-10-4-2;1-3-7-5-6-8-4-2/h4*3-10H,1-2,11-12H2;3-4,9-14H,1-2,5-8H2;3-4H,1-2,5-9H2;3-4,9-10H,1-2,5-8H2;3-4H,1-2,5-10H2;3-4H,1-2,5-8H2;3-4H,1-2,5-6H2. The molecule has 0 radical (unpaired) electrons. The van der Waals surface area contributed by atoms with Crippen molar-refractivity contribution in [2.24, 2.45) is 23.7 Å². The summed E-state index contributed by atoms with van der Waals surface area (Å²) in [6.45, 7) is 78.9. The summed E-state index contributed by atoms with van der Waals surface area (Å²) in [5, 5.41) is 9.53. The molecule has 4 bridgehead atoms. The minimum absolute atomic E-state index is 0.0325. The molecule has 6 unspecified atom stereocenters. The maximum absolute atomic E-state index is 5.64. The summed E-state index contributed by atoms with van der Waals surface area (Å²) in [7, 11) is 0. The van der Waals surface area contributed by atoms with E-state index in [9.17, 15) is 0 Å². The monoisotopic (exact) mass is 1960 g/mol. The molecular formula is C123H158O20. The fourth-order valence-electron chi connectivity index (χ4n) is 18.3. The smallest absolute Gasteiger partial charge is 0.121 e. The highest BCUT2D eigenvalue weighted by molar-refractivity contribution is 5.89. The van der Waals surface area contributed by atoms with Crippen LogP contribution in [0.2, 0.25) is 0 Å². The zero-order valence-corrected chi connectivity index (χ0v) is 84.7. The summed E-state index contributed by atoms with van der Waals surface area (Å²) in [5.74, 6) is 3.35. The number of fused-ring (bicyclic) bond motifs is 11. The normalized spacial score (nSPS) is 18.5. The molecule has 20 nitrogen and oxygen atoms in total. The molecular weight excluding hydrogens is 1800 g/mol. The van der Waals surface area contributed by atoms with E-state index in [1.165, 1.54) is 182 Å². The number of unbranched alkanes of at least 4 members (excludes halogenated alkanes) is 4. The van der Waals surface area contributed by atoms with Crippen molar-refractivity contribution in [1.29, 1.82) is 0 Å². The van der Waals surface area contributed by atoms with E-state index >= 15 is 0 Å². The van der Waals surface area contributed by atoms with E-state index in [0.29, 0.717) is 90.5 Å². The number of hydrogen-bond donors (Lipinski definition) is 0. The van der Waals surface area contributed by atoms with Crippen molar-refractivity contribution in [3.63, 3.8) is 0 Å². The number of rotatable bonds is 57. The van der Waals surface area contributed by atoms with Gasteiger partial charge in [0.15, 0.2) is 0 Å². The minimum atomic E-state index is 0.0325. The molecule has 143 heavy (non-hydrogen) atoms. The van der Waals surface area contributed by atoms with Crippen LogP contribution < -0.4 is 0 Å². The molecule has 8 aromatic carbocycles. The Morgan fingerprint density at radius 1 is 0.238 bits per heavy atom. The lowest BCUT2D eigenvalue weighted by Crippen LogP contribution is -2.29. The minimum Gasteiger partial charge on any atom is -0.502 e. The summed E-state index contributed by atoms with van der Waals surface area (Å²) in [5.41, 5.74) is 9.10. The van der Waals surface area contributed by atoms with E-state index in [-0.39, 0.29) is 11.2 Å². The third kappa shape index (κ3) is 44.1. The maximum Gasteiger partial charge on any atom is 0.121 e. The quantitative estimate of drug-likeness (QED) is 0.0259. The molecule has 770 valence electrons.